The van der Waals surface area contributed by atoms with Crippen LogP contribution in [0.25, 0.3) is 0 Å². The van der Waals surface area contributed by atoms with Crippen LogP contribution < -0.4 is 0 Å². The van der Waals surface area contributed by atoms with Gasteiger partial charge >= 0.3 is 0 Å². The van der Waals surface area contributed by atoms with Gasteiger partial charge in [0.05, 0.1) is 4.83 Å². The summed E-state index contributed by atoms with van der Waals surface area (Å²) in [5, 5.41) is 0. The van der Waals surface area contributed by atoms with Crippen LogP contribution >= 0.6 is 15.9 Å². The maximum absolute atomic E-state index is 11.9. The molecule has 0 spiro atoms. The molecule has 3 unspecified atom stereocenters. The Labute approximate surface area is 92.6 Å². The Hall–Kier alpha value is -0.630. The van der Waals surface area contributed by atoms with Crippen molar-refractivity contribution < 1.29 is 4.79 Å². The van der Waals surface area contributed by atoms with Crippen molar-refractivity contribution in [3.05, 3.63) is 35.4 Å². The summed E-state index contributed by atoms with van der Waals surface area (Å²) in [4.78, 5) is 11.9. The van der Waals surface area contributed by atoms with Gasteiger partial charge in [-0.25, -0.2) is 0 Å². The standard InChI is InChI=1S/C12H13BrO/c1-7-8(2)11(13)12(14)10-6-4-3-5-9(7)10/h3-8,11H,1-2H3. The average molecular weight is 253 g/mol. The number of fused-ring (bicyclic) bond motifs is 1. The second-order valence-corrected chi connectivity index (χ2v) is 4.99. The van der Waals surface area contributed by atoms with Crippen LogP contribution in [0.5, 0.6) is 0 Å². The minimum absolute atomic E-state index is 0.0209. The number of hydrogen-bond donors (Lipinski definition) is 0. The normalized spacial score (nSPS) is 31.4. The number of rotatable bonds is 0. The second kappa shape index (κ2) is 3.50. The minimum Gasteiger partial charge on any atom is -0.293 e. The van der Waals surface area contributed by atoms with E-state index in [9.17, 15) is 4.79 Å². The van der Waals surface area contributed by atoms with Crippen molar-refractivity contribution in [2.45, 2.75) is 24.6 Å². The number of carbonyl (C=O) groups is 1. The Morgan fingerprint density at radius 2 is 1.86 bits per heavy atom. The lowest BCUT2D eigenvalue weighted by atomic mass is 9.76. The fraction of sp³-hybridized carbons (Fsp3) is 0.417. The van der Waals surface area contributed by atoms with Crippen molar-refractivity contribution in [3.8, 4) is 0 Å². The SMILES string of the molecule is CC1c2ccccc2C(=O)C(Br)C1C. The first kappa shape index (κ1) is 9.91. The van der Waals surface area contributed by atoms with Crippen LogP contribution in [0, 0.1) is 5.92 Å². The van der Waals surface area contributed by atoms with Crippen molar-refractivity contribution in [1.29, 1.82) is 0 Å². The molecule has 0 N–H and O–H groups in total. The molecule has 1 aliphatic carbocycles. The van der Waals surface area contributed by atoms with Gasteiger partial charge in [0.2, 0.25) is 0 Å². The third kappa shape index (κ3) is 1.33. The molecule has 0 fully saturated rings. The fourth-order valence-electron chi connectivity index (χ4n) is 2.04. The largest absolute Gasteiger partial charge is 0.293 e. The lowest BCUT2D eigenvalue weighted by Crippen LogP contribution is -2.32. The van der Waals surface area contributed by atoms with E-state index in [1.165, 1.54) is 5.56 Å². The van der Waals surface area contributed by atoms with E-state index in [0.29, 0.717) is 11.8 Å². The number of Topliss-reactive ketones (excluding diaryl/α,β-unsaturated/α-hetero) is 1. The van der Waals surface area contributed by atoms with Crippen LogP contribution in [0.2, 0.25) is 0 Å². The fourth-order valence-corrected chi connectivity index (χ4v) is 2.75. The molecule has 2 heteroatoms. The molecule has 0 heterocycles. The molecule has 1 aliphatic rings. The predicted molar refractivity (Wildman–Crippen MR) is 61.1 cm³/mol. The van der Waals surface area contributed by atoms with Gasteiger partial charge in [-0.1, -0.05) is 54.0 Å². The molecule has 14 heavy (non-hydrogen) atoms. The maximum Gasteiger partial charge on any atom is 0.177 e. The Bertz CT molecular complexity index is 372. The van der Waals surface area contributed by atoms with Crippen LogP contribution in [0.1, 0.15) is 35.7 Å². The van der Waals surface area contributed by atoms with E-state index in [-0.39, 0.29) is 10.6 Å². The molecule has 2 rings (SSSR count). The number of hydrogen-bond acceptors (Lipinski definition) is 1. The number of benzene rings is 1. The third-order valence-electron chi connectivity index (χ3n) is 3.22. The van der Waals surface area contributed by atoms with Gasteiger partial charge in [0.1, 0.15) is 0 Å². The highest BCUT2D eigenvalue weighted by atomic mass is 79.9. The molecule has 1 nitrogen and oxygen atoms in total. The highest BCUT2D eigenvalue weighted by Gasteiger charge is 2.35. The van der Waals surface area contributed by atoms with Gasteiger partial charge in [-0.2, -0.15) is 0 Å². The summed E-state index contributed by atoms with van der Waals surface area (Å²) in [6, 6.07) is 7.92. The van der Waals surface area contributed by atoms with Crippen LogP contribution in [-0.2, 0) is 0 Å². The maximum atomic E-state index is 11.9. The molecule has 1 aromatic carbocycles. The van der Waals surface area contributed by atoms with Gasteiger partial charge in [-0.05, 0) is 17.4 Å². The quantitative estimate of drug-likeness (QED) is 0.648. The lowest BCUT2D eigenvalue weighted by Gasteiger charge is -2.31. The number of carbonyl (C=O) groups excluding carboxylic acids is 1. The van der Waals surface area contributed by atoms with E-state index >= 15 is 0 Å². The molecule has 0 aliphatic heterocycles. The van der Waals surface area contributed by atoms with Gasteiger partial charge in [0.15, 0.2) is 5.78 Å². The number of halogens is 1. The van der Waals surface area contributed by atoms with Gasteiger partial charge < -0.3 is 0 Å². The van der Waals surface area contributed by atoms with Gasteiger partial charge in [-0.15, -0.1) is 0 Å². The molecule has 0 saturated heterocycles. The Morgan fingerprint density at radius 1 is 1.21 bits per heavy atom. The zero-order valence-corrected chi connectivity index (χ0v) is 9.91. The van der Waals surface area contributed by atoms with Crippen LogP contribution in [0.3, 0.4) is 0 Å². The molecule has 74 valence electrons. The molecule has 0 bridgehead atoms. The van der Waals surface area contributed by atoms with E-state index in [1.54, 1.807) is 0 Å². The van der Waals surface area contributed by atoms with Crippen molar-refractivity contribution in [3.63, 3.8) is 0 Å². The monoisotopic (exact) mass is 252 g/mol. The first-order valence-electron chi connectivity index (χ1n) is 4.90. The number of ketones is 1. The van der Waals surface area contributed by atoms with Crippen molar-refractivity contribution in [1.82, 2.24) is 0 Å². The summed E-state index contributed by atoms with van der Waals surface area (Å²) in [5.74, 6) is 1.05. The van der Waals surface area contributed by atoms with Crippen molar-refractivity contribution in [2.75, 3.05) is 0 Å². The average Bonchev–Trinajstić information content (AvgIpc) is 2.23. The summed E-state index contributed by atoms with van der Waals surface area (Å²) in [7, 11) is 0. The molecule has 0 saturated carbocycles. The van der Waals surface area contributed by atoms with E-state index in [0.717, 1.165) is 5.56 Å². The molecule has 0 aromatic heterocycles. The zero-order chi connectivity index (χ0) is 10.3. The lowest BCUT2D eigenvalue weighted by molar-refractivity contribution is 0.0957. The predicted octanol–water partition coefficient (Wildman–Crippen LogP) is 3.39. The molecule has 1 aromatic rings. The molecular formula is C12H13BrO. The Morgan fingerprint density at radius 3 is 2.57 bits per heavy atom. The zero-order valence-electron chi connectivity index (χ0n) is 8.33. The first-order valence-corrected chi connectivity index (χ1v) is 5.81. The van der Waals surface area contributed by atoms with Gasteiger partial charge in [-0.3, -0.25) is 4.79 Å². The number of alkyl halides is 1. The highest BCUT2D eigenvalue weighted by Crippen LogP contribution is 2.38. The summed E-state index contributed by atoms with van der Waals surface area (Å²) in [6.07, 6.45) is 0. The van der Waals surface area contributed by atoms with Crippen molar-refractivity contribution >= 4 is 21.7 Å². The van der Waals surface area contributed by atoms with E-state index < -0.39 is 0 Å². The van der Waals surface area contributed by atoms with Crippen LogP contribution in [-0.4, -0.2) is 10.6 Å². The summed E-state index contributed by atoms with van der Waals surface area (Å²) >= 11 is 3.48. The van der Waals surface area contributed by atoms with E-state index in [2.05, 4.69) is 35.8 Å². The molecule has 0 amide bonds. The van der Waals surface area contributed by atoms with Crippen LogP contribution in [0.4, 0.5) is 0 Å². The molecule has 0 radical (unpaired) electrons. The van der Waals surface area contributed by atoms with E-state index in [1.807, 2.05) is 18.2 Å². The third-order valence-corrected chi connectivity index (χ3v) is 4.47. The van der Waals surface area contributed by atoms with Gasteiger partial charge in [0.25, 0.3) is 0 Å². The highest BCUT2D eigenvalue weighted by molar-refractivity contribution is 9.10. The van der Waals surface area contributed by atoms with Gasteiger partial charge in [0, 0.05) is 5.56 Å². The first-order chi connectivity index (χ1) is 6.63. The van der Waals surface area contributed by atoms with Crippen LogP contribution in [0.15, 0.2) is 24.3 Å². The minimum atomic E-state index is -0.0209. The summed E-state index contributed by atoms with van der Waals surface area (Å²) in [5.41, 5.74) is 2.08. The second-order valence-electron chi connectivity index (χ2n) is 4.00. The Kier molecular flexibility index (Phi) is 2.48. The molecule has 3 atom stereocenters. The van der Waals surface area contributed by atoms with E-state index in [4.69, 9.17) is 0 Å². The smallest absolute Gasteiger partial charge is 0.177 e. The summed E-state index contributed by atoms with van der Waals surface area (Å²) < 4.78 is 0. The topological polar surface area (TPSA) is 17.1 Å². The Balaban J connectivity index is 2.56. The molecular weight excluding hydrogens is 240 g/mol. The summed E-state index contributed by atoms with van der Waals surface area (Å²) in [6.45, 7) is 4.31. The van der Waals surface area contributed by atoms with Crippen molar-refractivity contribution in [2.24, 2.45) is 5.92 Å².